The van der Waals surface area contributed by atoms with Crippen LogP contribution in [0.25, 0.3) is 0 Å². The third kappa shape index (κ3) is 5.08. The first-order chi connectivity index (χ1) is 14.0. The van der Waals surface area contributed by atoms with Gasteiger partial charge in [0.25, 0.3) is 0 Å². The highest BCUT2D eigenvalue weighted by Gasteiger charge is 2.20. The zero-order chi connectivity index (χ0) is 20.8. The van der Waals surface area contributed by atoms with E-state index in [1.165, 1.54) is 11.8 Å². The molecule has 0 unspecified atom stereocenters. The summed E-state index contributed by atoms with van der Waals surface area (Å²) < 4.78 is 17.9. The van der Waals surface area contributed by atoms with Crippen LogP contribution < -0.4 is 14.2 Å². The molecule has 1 atom stereocenters. The van der Waals surface area contributed by atoms with Crippen molar-refractivity contribution in [1.82, 2.24) is 14.8 Å². The first kappa shape index (κ1) is 20.7. The van der Waals surface area contributed by atoms with Crippen LogP contribution in [0.15, 0.2) is 53.7 Å². The van der Waals surface area contributed by atoms with Gasteiger partial charge in [0, 0.05) is 12.6 Å². The van der Waals surface area contributed by atoms with E-state index in [1.54, 1.807) is 38.5 Å². The molecule has 8 heteroatoms. The van der Waals surface area contributed by atoms with Crippen LogP contribution in [-0.4, -0.2) is 40.0 Å². The predicted octanol–water partition coefficient (Wildman–Crippen LogP) is 3.77. The normalized spacial score (nSPS) is 11.7. The summed E-state index contributed by atoms with van der Waals surface area (Å²) in [5.74, 6) is 2.90. The summed E-state index contributed by atoms with van der Waals surface area (Å²) in [6, 6.07) is 14.4. The van der Waals surface area contributed by atoms with Crippen LogP contribution in [0.1, 0.15) is 23.1 Å². The summed E-state index contributed by atoms with van der Waals surface area (Å²) in [4.78, 5) is 12.7. The Labute approximate surface area is 174 Å². The lowest BCUT2D eigenvalue weighted by molar-refractivity contribution is 0.0994. The van der Waals surface area contributed by atoms with Crippen molar-refractivity contribution in [1.29, 1.82) is 0 Å². The van der Waals surface area contributed by atoms with Gasteiger partial charge in [0.05, 0.1) is 19.5 Å². The third-order valence-corrected chi connectivity index (χ3v) is 5.51. The number of nitrogens with zero attached hydrogens (tertiary/aromatic N) is 3. The second kappa shape index (κ2) is 9.47. The molecule has 0 spiro atoms. The summed E-state index contributed by atoms with van der Waals surface area (Å²) in [5, 5.41) is 8.75. The van der Waals surface area contributed by atoms with Crippen molar-refractivity contribution in [2.75, 3.05) is 14.2 Å². The predicted molar refractivity (Wildman–Crippen MR) is 111 cm³/mol. The number of aromatic nitrogens is 3. The number of Topliss-reactive ketones (excluding diaryl/α,β-unsaturated/α-hetero) is 1. The highest BCUT2D eigenvalue weighted by atomic mass is 32.2. The molecule has 152 valence electrons. The summed E-state index contributed by atoms with van der Waals surface area (Å²) in [5.41, 5.74) is 0.635. The zero-order valence-corrected chi connectivity index (χ0v) is 17.6. The Bertz CT molecular complexity index is 955. The maximum Gasteiger partial charge on any atom is 0.191 e. The molecule has 0 radical (unpaired) electrons. The lowest BCUT2D eigenvalue weighted by atomic mass is 10.1. The lowest BCUT2D eigenvalue weighted by Gasteiger charge is -2.11. The number of hydrogen-bond donors (Lipinski definition) is 0. The van der Waals surface area contributed by atoms with Crippen molar-refractivity contribution < 1.29 is 19.0 Å². The van der Waals surface area contributed by atoms with Crippen LogP contribution in [0, 0.1) is 0 Å². The van der Waals surface area contributed by atoms with Gasteiger partial charge < -0.3 is 18.8 Å². The number of rotatable bonds is 9. The van der Waals surface area contributed by atoms with Gasteiger partial charge in [0.15, 0.2) is 16.8 Å². The highest BCUT2D eigenvalue weighted by molar-refractivity contribution is 8.00. The van der Waals surface area contributed by atoms with Gasteiger partial charge in [0.1, 0.15) is 23.9 Å². The molecule has 1 aromatic heterocycles. The van der Waals surface area contributed by atoms with Gasteiger partial charge in [-0.3, -0.25) is 4.79 Å². The van der Waals surface area contributed by atoms with E-state index in [0.717, 1.165) is 11.5 Å². The maximum atomic E-state index is 12.7. The molecule has 2 aromatic carbocycles. The fraction of sp³-hybridized carbons (Fsp3) is 0.286. The SMILES string of the molecule is COc1ccc(OCc2nnc(S[C@H](C)C(=O)c3ccc(OC)cc3)n2C)cc1. The summed E-state index contributed by atoms with van der Waals surface area (Å²) in [6.45, 7) is 2.14. The Morgan fingerprint density at radius 1 is 0.966 bits per heavy atom. The Kier molecular flexibility index (Phi) is 6.77. The lowest BCUT2D eigenvalue weighted by Crippen LogP contribution is -2.14. The third-order valence-electron chi connectivity index (χ3n) is 4.38. The molecule has 0 aliphatic heterocycles. The number of ether oxygens (including phenoxy) is 3. The minimum atomic E-state index is -0.304. The molecule has 0 aliphatic carbocycles. The number of carbonyl (C=O) groups excluding carboxylic acids is 1. The molecule has 0 saturated carbocycles. The molecule has 0 aliphatic rings. The number of hydrogen-bond acceptors (Lipinski definition) is 7. The van der Waals surface area contributed by atoms with E-state index in [9.17, 15) is 4.79 Å². The van der Waals surface area contributed by atoms with Crippen LogP contribution in [0.3, 0.4) is 0 Å². The Balaban J connectivity index is 1.61. The van der Waals surface area contributed by atoms with Gasteiger partial charge >= 0.3 is 0 Å². The van der Waals surface area contributed by atoms with Crippen molar-refractivity contribution in [3.8, 4) is 17.2 Å². The minimum Gasteiger partial charge on any atom is -0.497 e. The van der Waals surface area contributed by atoms with E-state index < -0.39 is 0 Å². The summed E-state index contributed by atoms with van der Waals surface area (Å²) in [6.07, 6.45) is 0. The first-order valence-electron chi connectivity index (χ1n) is 9.02. The monoisotopic (exact) mass is 413 g/mol. The second-order valence-electron chi connectivity index (χ2n) is 6.27. The topological polar surface area (TPSA) is 75.5 Å². The van der Waals surface area contributed by atoms with Crippen LogP contribution in [0.5, 0.6) is 17.2 Å². The van der Waals surface area contributed by atoms with E-state index in [2.05, 4.69) is 10.2 Å². The van der Waals surface area contributed by atoms with Gasteiger partial charge in [-0.15, -0.1) is 10.2 Å². The van der Waals surface area contributed by atoms with Crippen LogP contribution >= 0.6 is 11.8 Å². The van der Waals surface area contributed by atoms with Gasteiger partial charge in [-0.1, -0.05) is 11.8 Å². The molecule has 29 heavy (non-hydrogen) atoms. The van der Waals surface area contributed by atoms with Crippen LogP contribution in [0.2, 0.25) is 0 Å². The van der Waals surface area contributed by atoms with Crippen LogP contribution in [0.4, 0.5) is 0 Å². The fourth-order valence-electron chi connectivity index (χ4n) is 2.59. The van der Waals surface area contributed by atoms with Crippen molar-refractivity contribution in [2.24, 2.45) is 7.05 Å². The van der Waals surface area contributed by atoms with Crippen molar-refractivity contribution >= 4 is 17.5 Å². The molecule has 0 bridgehead atoms. The van der Waals surface area contributed by atoms with Gasteiger partial charge in [-0.05, 0) is 55.5 Å². The number of thioether (sulfide) groups is 1. The molecular formula is C21H23N3O4S. The standard InChI is InChI=1S/C21H23N3O4S/c1-14(20(25)15-5-7-16(26-3)8-6-15)29-21-23-22-19(24(21)2)13-28-18-11-9-17(27-4)10-12-18/h5-12,14H,13H2,1-4H3/t14-/m1/s1. The summed E-state index contributed by atoms with van der Waals surface area (Å²) in [7, 11) is 5.08. The largest absolute Gasteiger partial charge is 0.497 e. The Hall–Kier alpha value is -3.00. The average Bonchev–Trinajstić information content (AvgIpc) is 3.11. The van der Waals surface area contributed by atoms with E-state index >= 15 is 0 Å². The molecule has 0 N–H and O–H groups in total. The molecule has 0 saturated heterocycles. The Morgan fingerprint density at radius 3 is 2.10 bits per heavy atom. The highest BCUT2D eigenvalue weighted by Crippen LogP contribution is 2.25. The molecule has 7 nitrogen and oxygen atoms in total. The number of carbonyl (C=O) groups is 1. The van der Waals surface area contributed by atoms with Crippen molar-refractivity contribution in [3.05, 3.63) is 59.9 Å². The smallest absolute Gasteiger partial charge is 0.191 e. The molecular weight excluding hydrogens is 390 g/mol. The Morgan fingerprint density at radius 2 is 1.52 bits per heavy atom. The van der Waals surface area contributed by atoms with E-state index in [-0.39, 0.29) is 17.6 Å². The number of benzene rings is 2. The van der Waals surface area contributed by atoms with Gasteiger partial charge in [0.2, 0.25) is 0 Å². The molecule has 0 fully saturated rings. The minimum absolute atomic E-state index is 0.0247. The van der Waals surface area contributed by atoms with Crippen LogP contribution in [-0.2, 0) is 13.7 Å². The molecule has 1 heterocycles. The van der Waals surface area contributed by atoms with Crippen molar-refractivity contribution in [3.63, 3.8) is 0 Å². The average molecular weight is 413 g/mol. The van der Waals surface area contributed by atoms with E-state index in [4.69, 9.17) is 14.2 Å². The molecule has 3 aromatic rings. The quantitative estimate of drug-likeness (QED) is 0.390. The van der Waals surface area contributed by atoms with Gasteiger partial charge in [-0.25, -0.2) is 0 Å². The van der Waals surface area contributed by atoms with E-state index in [1.807, 2.05) is 42.8 Å². The fourth-order valence-corrected chi connectivity index (χ4v) is 3.51. The number of methoxy groups -OCH3 is 2. The zero-order valence-electron chi connectivity index (χ0n) is 16.8. The number of ketones is 1. The summed E-state index contributed by atoms with van der Waals surface area (Å²) >= 11 is 1.37. The van der Waals surface area contributed by atoms with E-state index in [0.29, 0.717) is 22.3 Å². The first-order valence-corrected chi connectivity index (χ1v) is 9.90. The second-order valence-corrected chi connectivity index (χ2v) is 7.58. The van der Waals surface area contributed by atoms with Crippen molar-refractivity contribution in [2.45, 2.75) is 23.9 Å². The molecule has 0 amide bonds. The van der Waals surface area contributed by atoms with Gasteiger partial charge in [-0.2, -0.15) is 0 Å². The maximum absolute atomic E-state index is 12.7. The molecule has 3 rings (SSSR count).